The quantitative estimate of drug-likeness (QED) is 0.806. The van der Waals surface area contributed by atoms with Gasteiger partial charge >= 0.3 is 0 Å². The fourth-order valence-corrected chi connectivity index (χ4v) is 2.82. The van der Waals surface area contributed by atoms with E-state index in [9.17, 15) is 5.11 Å². The van der Waals surface area contributed by atoms with Crippen LogP contribution in [-0.4, -0.2) is 17.8 Å². The molecule has 1 aliphatic rings. The van der Waals surface area contributed by atoms with Gasteiger partial charge in [-0.2, -0.15) is 0 Å². The second kappa shape index (κ2) is 7.54. The van der Waals surface area contributed by atoms with E-state index < -0.39 is 0 Å². The second-order valence-electron chi connectivity index (χ2n) is 5.64. The summed E-state index contributed by atoms with van der Waals surface area (Å²) >= 11 is 0. The van der Waals surface area contributed by atoms with Gasteiger partial charge in [-0.05, 0) is 55.7 Å². The van der Waals surface area contributed by atoms with E-state index in [1.54, 1.807) is 0 Å². The van der Waals surface area contributed by atoms with Crippen LogP contribution in [0, 0.1) is 5.92 Å². The van der Waals surface area contributed by atoms with Crippen LogP contribution in [0.4, 0.5) is 0 Å². The Hall–Kier alpha value is -1.02. The van der Waals surface area contributed by atoms with Gasteiger partial charge in [0.2, 0.25) is 0 Å². The van der Waals surface area contributed by atoms with Crippen LogP contribution in [0.3, 0.4) is 0 Å². The van der Waals surface area contributed by atoms with Crippen LogP contribution in [0.1, 0.15) is 51.0 Å². The van der Waals surface area contributed by atoms with Crippen molar-refractivity contribution in [2.45, 2.75) is 58.0 Å². The van der Waals surface area contributed by atoms with Crippen molar-refractivity contribution in [3.05, 3.63) is 29.8 Å². The third kappa shape index (κ3) is 4.54. The minimum Gasteiger partial charge on any atom is -0.494 e. The van der Waals surface area contributed by atoms with Crippen LogP contribution in [0.2, 0.25) is 0 Å². The smallest absolute Gasteiger partial charge is 0.119 e. The molecule has 1 saturated carbocycles. The predicted molar refractivity (Wildman–Crippen MR) is 78.5 cm³/mol. The zero-order valence-corrected chi connectivity index (χ0v) is 12.0. The summed E-state index contributed by atoms with van der Waals surface area (Å²) in [5.74, 6) is 1.40. The van der Waals surface area contributed by atoms with Crippen molar-refractivity contribution in [3.63, 3.8) is 0 Å². The summed E-state index contributed by atoms with van der Waals surface area (Å²) in [5.41, 5.74) is 1.39. The Labute approximate surface area is 116 Å². The molecule has 0 aliphatic heterocycles. The zero-order valence-electron chi connectivity index (χ0n) is 12.0. The maximum atomic E-state index is 9.75. The molecular formula is C17H26O2. The Balaban J connectivity index is 1.70. The van der Waals surface area contributed by atoms with Crippen LogP contribution in [-0.2, 0) is 6.42 Å². The summed E-state index contributed by atoms with van der Waals surface area (Å²) in [4.78, 5) is 0. The van der Waals surface area contributed by atoms with E-state index in [1.807, 2.05) is 0 Å². The highest BCUT2D eigenvalue weighted by atomic mass is 16.5. The number of benzene rings is 1. The molecule has 1 fully saturated rings. The lowest BCUT2D eigenvalue weighted by molar-refractivity contribution is 0.117. The van der Waals surface area contributed by atoms with Gasteiger partial charge < -0.3 is 9.84 Å². The summed E-state index contributed by atoms with van der Waals surface area (Å²) < 4.78 is 5.76. The van der Waals surface area contributed by atoms with Crippen molar-refractivity contribution < 1.29 is 9.84 Å². The van der Waals surface area contributed by atoms with E-state index >= 15 is 0 Å². The van der Waals surface area contributed by atoms with Crippen molar-refractivity contribution in [3.8, 4) is 5.75 Å². The van der Waals surface area contributed by atoms with Gasteiger partial charge in [0, 0.05) is 0 Å². The SMILES string of the molecule is CCCCc1ccc(OCCC2CCCC2O)cc1. The van der Waals surface area contributed by atoms with Crippen LogP contribution >= 0.6 is 0 Å². The van der Waals surface area contributed by atoms with E-state index in [-0.39, 0.29) is 6.10 Å². The van der Waals surface area contributed by atoms with Gasteiger partial charge in [-0.1, -0.05) is 31.9 Å². The Bertz CT molecular complexity index is 358. The minimum atomic E-state index is -0.0972. The molecule has 0 radical (unpaired) electrons. The fraction of sp³-hybridized carbons (Fsp3) is 0.647. The largest absolute Gasteiger partial charge is 0.494 e. The van der Waals surface area contributed by atoms with Crippen LogP contribution in [0.25, 0.3) is 0 Å². The van der Waals surface area contributed by atoms with Crippen molar-refractivity contribution in [1.29, 1.82) is 0 Å². The summed E-state index contributed by atoms with van der Waals surface area (Å²) in [6.45, 7) is 2.94. The molecule has 0 amide bonds. The molecule has 1 aromatic rings. The number of rotatable bonds is 7. The summed E-state index contributed by atoms with van der Waals surface area (Å²) in [6.07, 6.45) is 7.81. The molecule has 0 saturated heterocycles. The summed E-state index contributed by atoms with van der Waals surface area (Å²) in [5, 5.41) is 9.75. The monoisotopic (exact) mass is 262 g/mol. The summed E-state index contributed by atoms with van der Waals surface area (Å²) in [6, 6.07) is 8.46. The average Bonchev–Trinajstić information content (AvgIpc) is 2.84. The second-order valence-corrected chi connectivity index (χ2v) is 5.64. The lowest BCUT2D eigenvalue weighted by Gasteiger charge is -2.14. The van der Waals surface area contributed by atoms with Gasteiger partial charge in [0.25, 0.3) is 0 Å². The number of hydrogen-bond acceptors (Lipinski definition) is 2. The molecule has 2 atom stereocenters. The normalized spacial score (nSPS) is 22.6. The molecule has 2 nitrogen and oxygen atoms in total. The Morgan fingerprint density at radius 3 is 2.63 bits per heavy atom. The molecule has 0 aromatic heterocycles. The lowest BCUT2D eigenvalue weighted by Crippen LogP contribution is -2.16. The van der Waals surface area contributed by atoms with Crippen LogP contribution < -0.4 is 4.74 Å². The van der Waals surface area contributed by atoms with Crippen LogP contribution in [0.15, 0.2) is 24.3 Å². The first kappa shape index (κ1) is 14.4. The molecule has 19 heavy (non-hydrogen) atoms. The van der Waals surface area contributed by atoms with E-state index in [4.69, 9.17) is 4.74 Å². The number of aliphatic hydroxyl groups excluding tert-OH is 1. The standard InChI is InChI=1S/C17H26O2/c1-2-3-5-14-8-10-16(11-9-14)19-13-12-15-6-4-7-17(15)18/h8-11,15,17-18H,2-7,12-13H2,1H3. The highest BCUT2D eigenvalue weighted by Crippen LogP contribution is 2.28. The fourth-order valence-electron chi connectivity index (χ4n) is 2.82. The van der Waals surface area contributed by atoms with E-state index in [0.717, 1.165) is 44.5 Å². The first-order valence-electron chi connectivity index (χ1n) is 7.69. The van der Waals surface area contributed by atoms with Crippen molar-refractivity contribution in [2.75, 3.05) is 6.61 Å². The molecule has 1 aromatic carbocycles. The van der Waals surface area contributed by atoms with Gasteiger partial charge in [0.1, 0.15) is 5.75 Å². The van der Waals surface area contributed by atoms with E-state index in [0.29, 0.717) is 5.92 Å². The Kier molecular flexibility index (Phi) is 5.71. The van der Waals surface area contributed by atoms with Gasteiger partial charge in [-0.15, -0.1) is 0 Å². The maximum absolute atomic E-state index is 9.75. The number of aryl methyl sites for hydroxylation is 1. The van der Waals surface area contributed by atoms with Gasteiger partial charge in [0.15, 0.2) is 0 Å². The van der Waals surface area contributed by atoms with E-state index in [2.05, 4.69) is 31.2 Å². The molecule has 106 valence electrons. The predicted octanol–water partition coefficient (Wildman–Crippen LogP) is 3.96. The molecule has 2 heteroatoms. The van der Waals surface area contributed by atoms with Crippen molar-refractivity contribution >= 4 is 0 Å². The molecule has 0 bridgehead atoms. The molecule has 0 spiro atoms. The zero-order chi connectivity index (χ0) is 13.5. The van der Waals surface area contributed by atoms with Crippen molar-refractivity contribution in [2.24, 2.45) is 5.92 Å². The highest BCUT2D eigenvalue weighted by Gasteiger charge is 2.24. The molecule has 2 rings (SSSR count). The van der Waals surface area contributed by atoms with Gasteiger partial charge in [-0.25, -0.2) is 0 Å². The number of unbranched alkanes of at least 4 members (excludes halogenated alkanes) is 1. The Morgan fingerprint density at radius 1 is 1.21 bits per heavy atom. The topological polar surface area (TPSA) is 29.5 Å². The Morgan fingerprint density at radius 2 is 2.00 bits per heavy atom. The number of hydrogen-bond donors (Lipinski definition) is 1. The number of aliphatic hydroxyl groups is 1. The van der Waals surface area contributed by atoms with Crippen LogP contribution in [0.5, 0.6) is 5.75 Å². The maximum Gasteiger partial charge on any atom is 0.119 e. The van der Waals surface area contributed by atoms with Gasteiger partial charge in [0.05, 0.1) is 12.7 Å². The molecule has 1 N–H and O–H groups in total. The average molecular weight is 262 g/mol. The third-order valence-electron chi connectivity index (χ3n) is 4.12. The molecular weight excluding hydrogens is 236 g/mol. The third-order valence-corrected chi connectivity index (χ3v) is 4.12. The lowest BCUT2D eigenvalue weighted by atomic mass is 10.0. The molecule has 1 aliphatic carbocycles. The minimum absolute atomic E-state index is 0.0972. The van der Waals surface area contributed by atoms with Crippen molar-refractivity contribution in [1.82, 2.24) is 0 Å². The van der Waals surface area contributed by atoms with E-state index in [1.165, 1.54) is 18.4 Å². The van der Waals surface area contributed by atoms with Gasteiger partial charge in [-0.3, -0.25) is 0 Å². The highest BCUT2D eigenvalue weighted by molar-refractivity contribution is 5.27. The molecule has 0 heterocycles. The summed E-state index contributed by atoms with van der Waals surface area (Å²) in [7, 11) is 0. The number of ether oxygens (including phenoxy) is 1. The molecule has 2 unspecified atom stereocenters. The first-order chi connectivity index (χ1) is 9.29. The first-order valence-corrected chi connectivity index (χ1v) is 7.69.